The molecule has 18 heavy (non-hydrogen) atoms. The molecule has 0 bridgehead atoms. The van der Waals surface area contributed by atoms with E-state index in [9.17, 15) is 9.59 Å². The summed E-state index contributed by atoms with van der Waals surface area (Å²) in [6.45, 7) is 3.67. The molecule has 0 amide bonds. The van der Waals surface area contributed by atoms with Crippen LogP contribution in [0, 0.1) is 5.92 Å². The van der Waals surface area contributed by atoms with Crippen LogP contribution in [0.2, 0.25) is 0 Å². The van der Waals surface area contributed by atoms with Crippen molar-refractivity contribution >= 4 is 11.8 Å². The Morgan fingerprint density at radius 3 is 1.78 bits per heavy atom. The summed E-state index contributed by atoms with van der Waals surface area (Å²) in [5, 5.41) is 8.47. The molecule has 0 spiro atoms. The molecular formula is C15H28O3. The van der Waals surface area contributed by atoms with Crippen molar-refractivity contribution in [2.75, 3.05) is 0 Å². The summed E-state index contributed by atoms with van der Waals surface area (Å²) in [7, 11) is 0. The Balaban J connectivity index is 3.12. The normalized spacial score (nSPS) is 12.3. The lowest BCUT2D eigenvalue weighted by molar-refractivity contribution is -0.137. The Bertz CT molecular complexity index is 236. The topological polar surface area (TPSA) is 54.4 Å². The summed E-state index contributed by atoms with van der Waals surface area (Å²) in [6, 6.07) is 0. The van der Waals surface area contributed by atoms with Crippen LogP contribution in [0.25, 0.3) is 0 Å². The molecule has 0 rings (SSSR count). The monoisotopic (exact) mass is 256 g/mol. The maximum Gasteiger partial charge on any atom is 0.303 e. The predicted octanol–water partition coefficient (Wildman–Crippen LogP) is 4.20. The van der Waals surface area contributed by atoms with Crippen molar-refractivity contribution in [2.24, 2.45) is 5.92 Å². The van der Waals surface area contributed by atoms with Gasteiger partial charge in [-0.05, 0) is 19.8 Å². The van der Waals surface area contributed by atoms with Crippen molar-refractivity contribution in [3.63, 3.8) is 0 Å². The summed E-state index contributed by atoms with van der Waals surface area (Å²) in [4.78, 5) is 21.3. The average Bonchev–Trinajstić information content (AvgIpc) is 2.30. The quantitative estimate of drug-likeness (QED) is 0.532. The van der Waals surface area contributed by atoms with Gasteiger partial charge < -0.3 is 5.11 Å². The van der Waals surface area contributed by atoms with E-state index in [0.717, 1.165) is 32.1 Å². The van der Waals surface area contributed by atoms with Crippen molar-refractivity contribution in [3.05, 3.63) is 0 Å². The molecule has 0 aliphatic heterocycles. The molecule has 0 heterocycles. The number of aliphatic carboxylic acids is 1. The van der Waals surface area contributed by atoms with Gasteiger partial charge in [0.1, 0.15) is 5.78 Å². The van der Waals surface area contributed by atoms with E-state index in [0.29, 0.717) is 12.2 Å². The number of carboxylic acids is 1. The number of rotatable bonds is 12. The second-order valence-electron chi connectivity index (χ2n) is 5.27. The van der Waals surface area contributed by atoms with Crippen LogP contribution in [0.4, 0.5) is 0 Å². The van der Waals surface area contributed by atoms with Crippen molar-refractivity contribution in [2.45, 2.75) is 78.1 Å². The highest BCUT2D eigenvalue weighted by Crippen LogP contribution is 2.13. The first-order valence-electron chi connectivity index (χ1n) is 7.26. The number of hydrogen-bond acceptors (Lipinski definition) is 2. The number of ketones is 1. The fourth-order valence-electron chi connectivity index (χ4n) is 1.99. The summed E-state index contributed by atoms with van der Waals surface area (Å²) in [6.07, 6.45) is 10.4. The lowest BCUT2D eigenvalue weighted by atomic mass is 9.99. The minimum Gasteiger partial charge on any atom is -0.481 e. The van der Waals surface area contributed by atoms with Crippen LogP contribution in [0.5, 0.6) is 0 Å². The van der Waals surface area contributed by atoms with E-state index in [-0.39, 0.29) is 5.92 Å². The molecule has 0 aliphatic carbocycles. The highest BCUT2D eigenvalue weighted by molar-refractivity contribution is 5.77. The minimum atomic E-state index is -0.686. The molecule has 3 heteroatoms. The van der Waals surface area contributed by atoms with Gasteiger partial charge >= 0.3 is 5.97 Å². The van der Waals surface area contributed by atoms with Gasteiger partial charge in [0.15, 0.2) is 0 Å². The predicted molar refractivity (Wildman–Crippen MR) is 73.7 cm³/mol. The molecular weight excluding hydrogens is 228 g/mol. The Labute approximate surface area is 111 Å². The molecule has 0 saturated carbocycles. The number of carboxylic acid groups (broad SMARTS) is 1. The van der Waals surface area contributed by atoms with Gasteiger partial charge in [0.2, 0.25) is 0 Å². The molecule has 0 fully saturated rings. The zero-order valence-corrected chi connectivity index (χ0v) is 11.9. The van der Waals surface area contributed by atoms with Gasteiger partial charge in [-0.2, -0.15) is 0 Å². The Morgan fingerprint density at radius 2 is 1.33 bits per heavy atom. The molecule has 0 aromatic carbocycles. The van der Waals surface area contributed by atoms with Gasteiger partial charge in [-0.1, -0.05) is 51.9 Å². The van der Waals surface area contributed by atoms with Gasteiger partial charge in [0.25, 0.3) is 0 Å². The molecule has 0 aromatic heterocycles. The summed E-state index contributed by atoms with van der Waals surface area (Å²) < 4.78 is 0. The third-order valence-corrected chi connectivity index (χ3v) is 3.47. The van der Waals surface area contributed by atoms with Crippen LogP contribution in [-0.4, -0.2) is 16.9 Å². The van der Waals surface area contributed by atoms with E-state index in [1.165, 1.54) is 25.7 Å². The fraction of sp³-hybridized carbons (Fsp3) is 0.867. The fourth-order valence-corrected chi connectivity index (χ4v) is 1.99. The highest BCUT2D eigenvalue weighted by atomic mass is 16.4. The SMILES string of the molecule is CC(=O)C(C)CCCCCCCCCCC(=O)O. The molecule has 3 nitrogen and oxygen atoms in total. The lowest BCUT2D eigenvalue weighted by Crippen LogP contribution is -2.05. The minimum absolute atomic E-state index is 0.223. The van der Waals surface area contributed by atoms with Gasteiger partial charge in [-0.3, -0.25) is 9.59 Å². The molecule has 106 valence electrons. The summed E-state index contributed by atoms with van der Waals surface area (Å²) >= 11 is 0. The van der Waals surface area contributed by atoms with Crippen molar-refractivity contribution < 1.29 is 14.7 Å². The highest BCUT2D eigenvalue weighted by Gasteiger charge is 2.06. The maximum atomic E-state index is 11.0. The zero-order chi connectivity index (χ0) is 13.8. The first kappa shape index (κ1) is 17.1. The van der Waals surface area contributed by atoms with Crippen LogP contribution in [0.1, 0.15) is 78.1 Å². The van der Waals surface area contributed by atoms with E-state index < -0.39 is 5.97 Å². The molecule has 0 saturated heterocycles. The Hall–Kier alpha value is -0.860. The second kappa shape index (κ2) is 11.2. The smallest absolute Gasteiger partial charge is 0.303 e. The molecule has 0 radical (unpaired) electrons. The number of Topliss-reactive ketones (excluding diaryl/α,β-unsaturated/α-hetero) is 1. The van der Waals surface area contributed by atoms with Crippen LogP contribution >= 0.6 is 0 Å². The first-order chi connectivity index (χ1) is 8.54. The first-order valence-corrected chi connectivity index (χ1v) is 7.26. The zero-order valence-electron chi connectivity index (χ0n) is 11.9. The van der Waals surface area contributed by atoms with E-state index >= 15 is 0 Å². The van der Waals surface area contributed by atoms with Gasteiger partial charge in [-0.15, -0.1) is 0 Å². The maximum absolute atomic E-state index is 11.0. The lowest BCUT2D eigenvalue weighted by Gasteiger charge is -2.06. The molecule has 1 unspecified atom stereocenters. The van der Waals surface area contributed by atoms with Crippen LogP contribution in [0.3, 0.4) is 0 Å². The average molecular weight is 256 g/mol. The van der Waals surface area contributed by atoms with Gasteiger partial charge in [0.05, 0.1) is 0 Å². The van der Waals surface area contributed by atoms with E-state index in [1.807, 2.05) is 6.92 Å². The van der Waals surface area contributed by atoms with E-state index in [1.54, 1.807) is 6.92 Å². The molecule has 0 aliphatic rings. The number of hydrogen-bond donors (Lipinski definition) is 1. The van der Waals surface area contributed by atoms with Gasteiger partial charge in [0, 0.05) is 12.3 Å². The van der Waals surface area contributed by atoms with Crippen molar-refractivity contribution in [3.8, 4) is 0 Å². The number of unbranched alkanes of at least 4 members (excludes halogenated alkanes) is 7. The van der Waals surface area contributed by atoms with Crippen LogP contribution in [0.15, 0.2) is 0 Å². The van der Waals surface area contributed by atoms with E-state index in [2.05, 4.69) is 0 Å². The van der Waals surface area contributed by atoms with Crippen LogP contribution in [-0.2, 0) is 9.59 Å². The number of carbonyl (C=O) groups is 2. The Morgan fingerprint density at radius 1 is 0.889 bits per heavy atom. The third-order valence-electron chi connectivity index (χ3n) is 3.47. The third kappa shape index (κ3) is 11.6. The molecule has 1 N–H and O–H groups in total. The largest absolute Gasteiger partial charge is 0.481 e. The van der Waals surface area contributed by atoms with Crippen molar-refractivity contribution in [1.82, 2.24) is 0 Å². The molecule has 1 atom stereocenters. The van der Waals surface area contributed by atoms with E-state index in [4.69, 9.17) is 5.11 Å². The van der Waals surface area contributed by atoms with Gasteiger partial charge in [-0.25, -0.2) is 0 Å². The van der Waals surface area contributed by atoms with Crippen LogP contribution < -0.4 is 0 Å². The summed E-state index contributed by atoms with van der Waals surface area (Å²) in [5.41, 5.74) is 0. The Kier molecular flexibility index (Phi) is 10.7. The summed E-state index contributed by atoms with van der Waals surface area (Å²) in [5.74, 6) is -0.163. The molecule has 0 aromatic rings. The second-order valence-corrected chi connectivity index (χ2v) is 5.27. The van der Waals surface area contributed by atoms with Crippen molar-refractivity contribution in [1.29, 1.82) is 0 Å². The number of carbonyl (C=O) groups excluding carboxylic acids is 1. The standard InChI is InChI=1S/C15H28O3/c1-13(14(2)16)11-9-7-5-3-4-6-8-10-12-15(17)18/h13H,3-12H2,1-2H3,(H,17,18).